The quantitative estimate of drug-likeness (QED) is 0.775. The summed E-state index contributed by atoms with van der Waals surface area (Å²) in [4.78, 5) is 0. The van der Waals surface area contributed by atoms with Gasteiger partial charge in [-0.15, -0.1) is 0 Å². The van der Waals surface area contributed by atoms with E-state index < -0.39 is 7.37 Å². The van der Waals surface area contributed by atoms with Gasteiger partial charge in [0, 0.05) is 10.6 Å². The summed E-state index contributed by atoms with van der Waals surface area (Å²) in [5.74, 6) is 0. The highest BCUT2D eigenvalue weighted by atomic mass is 31.2. The molecule has 0 aromatic heterocycles. The summed E-state index contributed by atoms with van der Waals surface area (Å²) in [5.41, 5.74) is 0. The Morgan fingerprint density at radius 2 is 1.29 bits per heavy atom. The molecular weight excluding hydrogens is 231 g/mol. The molecule has 0 saturated heterocycles. The predicted octanol–water partition coefficient (Wildman–Crippen LogP) is 2.95. The first-order valence-electron chi connectivity index (χ1n) is 5.63. The van der Waals surface area contributed by atoms with Gasteiger partial charge in [0.25, 0.3) is 7.37 Å². The molecule has 0 aliphatic heterocycles. The summed E-state index contributed by atoms with van der Waals surface area (Å²) in [6.07, 6.45) is 0. The fraction of sp³-hybridized carbons (Fsp3) is 0.143. The highest BCUT2D eigenvalue weighted by Gasteiger charge is 2.27. The van der Waals surface area contributed by atoms with Crippen molar-refractivity contribution in [3.05, 3.63) is 60.7 Å². The van der Waals surface area contributed by atoms with E-state index in [1.807, 2.05) is 67.6 Å². The molecule has 17 heavy (non-hydrogen) atoms. The lowest BCUT2D eigenvalue weighted by Crippen LogP contribution is -2.17. The Labute approximate surface area is 102 Å². The molecule has 0 saturated carbocycles. The van der Waals surface area contributed by atoms with E-state index >= 15 is 0 Å². The van der Waals surface area contributed by atoms with Gasteiger partial charge in [0.1, 0.15) is 0 Å². The van der Waals surface area contributed by atoms with Crippen LogP contribution < -0.4 is 10.6 Å². The molecule has 0 N–H and O–H groups in total. The summed E-state index contributed by atoms with van der Waals surface area (Å²) >= 11 is 0. The summed E-state index contributed by atoms with van der Waals surface area (Å²) < 4.78 is 18.6. The molecule has 0 amide bonds. The number of rotatable bonds is 4. The topological polar surface area (TPSA) is 26.3 Å². The second-order valence-electron chi connectivity index (χ2n) is 3.64. The van der Waals surface area contributed by atoms with Crippen molar-refractivity contribution in [3.63, 3.8) is 0 Å². The normalized spacial score (nSPS) is 11.4. The smallest absolute Gasteiger partial charge is 0.261 e. The molecule has 0 heterocycles. The van der Waals surface area contributed by atoms with Crippen LogP contribution in [0.1, 0.15) is 6.92 Å². The van der Waals surface area contributed by atoms with Crippen LogP contribution in [0.3, 0.4) is 0 Å². The molecule has 0 fully saturated rings. The zero-order chi connectivity index (χ0) is 12.1. The Morgan fingerprint density at radius 3 is 1.65 bits per heavy atom. The van der Waals surface area contributed by atoms with Crippen molar-refractivity contribution in [2.24, 2.45) is 0 Å². The SMILES string of the molecule is CCOP(=O)(c1ccccc1)c1ccccc1. The number of hydrogen-bond acceptors (Lipinski definition) is 2. The average Bonchev–Trinajstić information content (AvgIpc) is 2.41. The van der Waals surface area contributed by atoms with Crippen LogP contribution in [0.25, 0.3) is 0 Å². The molecule has 0 spiro atoms. The molecule has 0 radical (unpaired) electrons. The van der Waals surface area contributed by atoms with Crippen LogP contribution in [-0.4, -0.2) is 6.61 Å². The van der Waals surface area contributed by atoms with Crippen LogP contribution in [0.15, 0.2) is 60.7 Å². The van der Waals surface area contributed by atoms with Crippen molar-refractivity contribution in [3.8, 4) is 0 Å². The first-order valence-corrected chi connectivity index (χ1v) is 7.25. The van der Waals surface area contributed by atoms with E-state index in [0.717, 1.165) is 10.6 Å². The Balaban J connectivity index is 2.51. The van der Waals surface area contributed by atoms with Crippen LogP contribution in [-0.2, 0) is 9.09 Å². The van der Waals surface area contributed by atoms with Crippen molar-refractivity contribution in [1.82, 2.24) is 0 Å². The first-order chi connectivity index (χ1) is 8.27. The summed E-state index contributed by atoms with van der Waals surface area (Å²) in [7, 11) is -2.92. The fourth-order valence-electron chi connectivity index (χ4n) is 1.73. The second-order valence-corrected chi connectivity index (χ2v) is 6.03. The van der Waals surface area contributed by atoms with Gasteiger partial charge >= 0.3 is 0 Å². The standard InChI is InChI=1S/C14H15O2P/c1-2-16-17(15,13-9-5-3-6-10-13)14-11-7-4-8-12-14/h3-12H,2H2,1H3. The lowest BCUT2D eigenvalue weighted by Gasteiger charge is -2.18. The summed E-state index contributed by atoms with van der Waals surface area (Å²) in [6, 6.07) is 18.7. The second kappa shape index (κ2) is 5.31. The Morgan fingerprint density at radius 1 is 0.882 bits per heavy atom. The maximum absolute atomic E-state index is 13.0. The molecule has 0 atom stereocenters. The van der Waals surface area contributed by atoms with E-state index in [2.05, 4.69) is 0 Å². The van der Waals surface area contributed by atoms with Gasteiger partial charge in [-0.25, -0.2) is 0 Å². The van der Waals surface area contributed by atoms with Crippen molar-refractivity contribution in [2.75, 3.05) is 6.61 Å². The molecule has 3 heteroatoms. The minimum Gasteiger partial charge on any atom is -0.322 e. The van der Waals surface area contributed by atoms with E-state index in [1.165, 1.54) is 0 Å². The molecule has 0 unspecified atom stereocenters. The summed E-state index contributed by atoms with van der Waals surface area (Å²) in [5, 5.41) is 1.49. The minimum absolute atomic E-state index is 0.432. The van der Waals surface area contributed by atoms with Crippen LogP contribution in [0, 0.1) is 0 Å². The van der Waals surface area contributed by atoms with Gasteiger partial charge < -0.3 is 4.52 Å². The third-order valence-corrected chi connectivity index (χ3v) is 5.08. The van der Waals surface area contributed by atoms with Gasteiger partial charge in [-0.2, -0.15) is 0 Å². The van der Waals surface area contributed by atoms with Crippen LogP contribution >= 0.6 is 7.37 Å². The van der Waals surface area contributed by atoms with E-state index in [-0.39, 0.29) is 0 Å². The third kappa shape index (κ3) is 2.49. The maximum Gasteiger partial charge on any atom is 0.261 e. The van der Waals surface area contributed by atoms with Gasteiger partial charge in [0.05, 0.1) is 6.61 Å². The molecule has 0 aliphatic carbocycles. The van der Waals surface area contributed by atoms with E-state index in [9.17, 15) is 4.57 Å². The molecule has 88 valence electrons. The zero-order valence-corrected chi connectivity index (χ0v) is 10.6. The predicted molar refractivity (Wildman–Crippen MR) is 71.4 cm³/mol. The molecule has 2 aromatic carbocycles. The van der Waals surface area contributed by atoms with Crippen LogP contribution in [0.2, 0.25) is 0 Å². The van der Waals surface area contributed by atoms with Crippen LogP contribution in [0.5, 0.6) is 0 Å². The highest BCUT2D eigenvalue weighted by molar-refractivity contribution is 7.74. The van der Waals surface area contributed by atoms with Crippen LogP contribution in [0.4, 0.5) is 0 Å². The lowest BCUT2D eigenvalue weighted by molar-refractivity contribution is 0.348. The fourth-order valence-corrected chi connectivity index (χ4v) is 3.82. The number of benzene rings is 2. The Kier molecular flexibility index (Phi) is 3.78. The summed E-state index contributed by atoms with van der Waals surface area (Å²) in [6.45, 7) is 2.29. The van der Waals surface area contributed by atoms with Gasteiger partial charge in [0.15, 0.2) is 0 Å². The van der Waals surface area contributed by atoms with E-state index in [1.54, 1.807) is 0 Å². The monoisotopic (exact) mass is 246 g/mol. The van der Waals surface area contributed by atoms with Gasteiger partial charge in [-0.05, 0) is 31.2 Å². The molecular formula is C14H15O2P. The third-order valence-electron chi connectivity index (χ3n) is 2.50. The first kappa shape index (κ1) is 12.1. The highest BCUT2D eigenvalue weighted by Crippen LogP contribution is 2.44. The van der Waals surface area contributed by atoms with Crippen molar-refractivity contribution >= 4 is 18.0 Å². The maximum atomic E-state index is 13.0. The minimum atomic E-state index is -2.92. The van der Waals surface area contributed by atoms with Gasteiger partial charge in [0.2, 0.25) is 0 Å². The average molecular weight is 246 g/mol. The van der Waals surface area contributed by atoms with E-state index in [0.29, 0.717) is 6.61 Å². The van der Waals surface area contributed by atoms with Crippen molar-refractivity contribution in [1.29, 1.82) is 0 Å². The largest absolute Gasteiger partial charge is 0.322 e. The molecule has 0 aliphatic rings. The zero-order valence-electron chi connectivity index (χ0n) is 9.74. The van der Waals surface area contributed by atoms with E-state index in [4.69, 9.17) is 4.52 Å². The molecule has 0 bridgehead atoms. The number of hydrogen-bond donors (Lipinski definition) is 0. The van der Waals surface area contributed by atoms with Gasteiger partial charge in [-0.1, -0.05) is 36.4 Å². The Bertz CT molecular complexity index is 465. The Hall–Kier alpha value is -1.37. The molecule has 2 aromatic rings. The lowest BCUT2D eigenvalue weighted by atomic mass is 10.4. The molecule has 2 rings (SSSR count). The van der Waals surface area contributed by atoms with Gasteiger partial charge in [-0.3, -0.25) is 4.57 Å². The van der Waals surface area contributed by atoms with Crippen molar-refractivity contribution in [2.45, 2.75) is 6.92 Å². The van der Waals surface area contributed by atoms with Crippen molar-refractivity contribution < 1.29 is 9.09 Å². The molecule has 2 nitrogen and oxygen atoms in total.